The number of carbonyl (C=O) groups excluding carboxylic acids is 1. The molecule has 0 aliphatic carbocycles. The van der Waals surface area contributed by atoms with E-state index in [0.29, 0.717) is 18.9 Å². The second-order valence-corrected chi connectivity index (χ2v) is 6.31. The van der Waals surface area contributed by atoms with Gasteiger partial charge in [-0.3, -0.25) is 9.48 Å². The summed E-state index contributed by atoms with van der Waals surface area (Å²) >= 11 is 1.71. The number of hydrogen-bond acceptors (Lipinski definition) is 5. The fraction of sp³-hybridized carbons (Fsp3) is 0.571. The Bertz CT molecular complexity index is 594. The van der Waals surface area contributed by atoms with Crippen LogP contribution in [0.2, 0.25) is 0 Å². The molecule has 1 fully saturated rings. The first-order valence-electron chi connectivity index (χ1n) is 7.26. The number of likely N-dealkylation sites (tertiary alicyclic amines) is 1. The molecule has 1 amide bonds. The van der Waals surface area contributed by atoms with Crippen molar-refractivity contribution in [3.63, 3.8) is 0 Å². The lowest BCUT2D eigenvalue weighted by Crippen LogP contribution is -2.39. The Kier molecular flexibility index (Phi) is 4.28. The van der Waals surface area contributed by atoms with Crippen LogP contribution in [0.4, 0.5) is 0 Å². The quantitative estimate of drug-likeness (QED) is 0.864. The number of aryl methyl sites for hydroxylation is 2. The predicted molar refractivity (Wildman–Crippen MR) is 80.0 cm³/mol. The summed E-state index contributed by atoms with van der Waals surface area (Å²) in [5, 5.41) is 10.9. The normalized spacial score (nSPS) is 18.9. The van der Waals surface area contributed by atoms with E-state index in [2.05, 4.69) is 20.7 Å². The van der Waals surface area contributed by atoms with Crippen molar-refractivity contribution in [1.29, 1.82) is 0 Å². The fourth-order valence-electron chi connectivity index (χ4n) is 2.69. The molecule has 1 aliphatic heterocycles. The molecule has 0 bridgehead atoms. The monoisotopic (exact) mass is 305 g/mol. The van der Waals surface area contributed by atoms with Crippen molar-refractivity contribution in [2.45, 2.75) is 38.6 Å². The van der Waals surface area contributed by atoms with Crippen LogP contribution in [-0.2, 0) is 11.3 Å². The van der Waals surface area contributed by atoms with Crippen LogP contribution in [0, 0.1) is 6.92 Å². The van der Waals surface area contributed by atoms with Crippen LogP contribution >= 0.6 is 11.3 Å². The van der Waals surface area contributed by atoms with E-state index in [1.54, 1.807) is 28.4 Å². The van der Waals surface area contributed by atoms with E-state index in [4.69, 9.17) is 0 Å². The first kappa shape index (κ1) is 14.2. The summed E-state index contributed by atoms with van der Waals surface area (Å²) in [6.45, 7) is 4.26. The molecule has 6 nitrogen and oxygen atoms in total. The molecule has 2 aromatic heterocycles. The highest BCUT2D eigenvalue weighted by atomic mass is 32.1. The second kappa shape index (κ2) is 6.34. The summed E-state index contributed by atoms with van der Waals surface area (Å²) in [4.78, 5) is 18.9. The van der Waals surface area contributed by atoms with Crippen molar-refractivity contribution in [2.24, 2.45) is 0 Å². The smallest absolute Gasteiger partial charge is 0.224 e. The van der Waals surface area contributed by atoms with Crippen molar-refractivity contribution in [3.8, 4) is 0 Å². The number of thiazole rings is 1. The zero-order chi connectivity index (χ0) is 14.7. The summed E-state index contributed by atoms with van der Waals surface area (Å²) in [7, 11) is 0. The Labute approximate surface area is 127 Å². The molecule has 1 aliphatic rings. The molecule has 3 heterocycles. The Balaban J connectivity index is 1.56. The highest BCUT2D eigenvalue weighted by molar-refractivity contribution is 7.09. The highest BCUT2D eigenvalue weighted by Crippen LogP contribution is 2.29. The minimum atomic E-state index is 0.198. The molecule has 112 valence electrons. The minimum absolute atomic E-state index is 0.198. The van der Waals surface area contributed by atoms with Gasteiger partial charge in [0.15, 0.2) is 0 Å². The summed E-state index contributed by atoms with van der Waals surface area (Å²) in [5.41, 5.74) is 1.07. The molecule has 0 spiro atoms. The number of rotatable bonds is 4. The third-order valence-electron chi connectivity index (χ3n) is 3.79. The number of hydrogen-bond donors (Lipinski definition) is 0. The number of piperidine rings is 1. The van der Waals surface area contributed by atoms with Gasteiger partial charge in [0.2, 0.25) is 5.91 Å². The summed E-state index contributed by atoms with van der Waals surface area (Å²) in [6, 6.07) is 0. The lowest BCUT2D eigenvalue weighted by Gasteiger charge is -2.32. The van der Waals surface area contributed by atoms with Crippen LogP contribution < -0.4 is 0 Å². The Hall–Kier alpha value is -1.76. The van der Waals surface area contributed by atoms with Gasteiger partial charge < -0.3 is 4.90 Å². The first-order chi connectivity index (χ1) is 10.2. The van der Waals surface area contributed by atoms with Gasteiger partial charge in [-0.1, -0.05) is 5.21 Å². The molecule has 21 heavy (non-hydrogen) atoms. The zero-order valence-electron chi connectivity index (χ0n) is 12.1. The fourth-order valence-corrected chi connectivity index (χ4v) is 3.61. The van der Waals surface area contributed by atoms with Crippen molar-refractivity contribution in [3.05, 3.63) is 28.5 Å². The van der Waals surface area contributed by atoms with Gasteiger partial charge in [-0.25, -0.2) is 4.98 Å². The average Bonchev–Trinajstić information content (AvgIpc) is 3.16. The van der Waals surface area contributed by atoms with Crippen LogP contribution in [-0.4, -0.2) is 43.9 Å². The number of aromatic nitrogens is 4. The molecule has 1 saturated heterocycles. The number of carbonyl (C=O) groups is 1. The summed E-state index contributed by atoms with van der Waals surface area (Å²) in [5.74, 6) is 0.594. The van der Waals surface area contributed by atoms with Gasteiger partial charge in [0.05, 0.1) is 17.7 Å². The van der Waals surface area contributed by atoms with Gasteiger partial charge in [0.1, 0.15) is 0 Å². The zero-order valence-corrected chi connectivity index (χ0v) is 12.9. The molecule has 0 aromatic carbocycles. The molecule has 0 radical (unpaired) electrons. The van der Waals surface area contributed by atoms with Crippen LogP contribution in [0.25, 0.3) is 0 Å². The van der Waals surface area contributed by atoms with Crippen molar-refractivity contribution >= 4 is 17.2 Å². The largest absolute Gasteiger partial charge is 0.342 e. The molecule has 2 aromatic rings. The van der Waals surface area contributed by atoms with E-state index >= 15 is 0 Å². The second-order valence-electron chi connectivity index (χ2n) is 5.42. The van der Waals surface area contributed by atoms with Crippen molar-refractivity contribution in [1.82, 2.24) is 24.9 Å². The van der Waals surface area contributed by atoms with Gasteiger partial charge >= 0.3 is 0 Å². The summed E-state index contributed by atoms with van der Waals surface area (Å²) < 4.78 is 1.70. The van der Waals surface area contributed by atoms with Crippen molar-refractivity contribution in [2.75, 3.05) is 13.1 Å². The van der Waals surface area contributed by atoms with Crippen LogP contribution in [0.15, 0.2) is 17.8 Å². The maximum atomic E-state index is 12.3. The van der Waals surface area contributed by atoms with Crippen molar-refractivity contribution < 1.29 is 4.79 Å². The molecule has 0 N–H and O–H groups in total. The van der Waals surface area contributed by atoms with Gasteiger partial charge in [-0.2, -0.15) is 0 Å². The van der Waals surface area contributed by atoms with Gasteiger partial charge in [-0.15, -0.1) is 16.4 Å². The van der Waals surface area contributed by atoms with E-state index in [0.717, 1.165) is 31.6 Å². The van der Waals surface area contributed by atoms with Crippen LogP contribution in [0.1, 0.15) is 35.9 Å². The van der Waals surface area contributed by atoms with E-state index in [9.17, 15) is 4.79 Å². The standard InChI is InChI=1S/C14H19N5OS/c1-11-10-21-14(16-11)12-3-2-6-18(9-12)13(20)4-7-19-8-5-15-17-19/h5,8,10,12H,2-4,6-7,9H2,1H3/t12-/m1/s1. The lowest BCUT2D eigenvalue weighted by molar-refractivity contribution is -0.132. The van der Waals surface area contributed by atoms with Crippen LogP contribution in [0.5, 0.6) is 0 Å². The highest BCUT2D eigenvalue weighted by Gasteiger charge is 2.26. The maximum Gasteiger partial charge on any atom is 0.224 e. The molecule has 0 saturated carbocycles. The van der Waals surface area contributed by atoms with Gasteiger partial charge in [-0.05, 0) is 19.8 Å². The lowest BCUT2D eigenvalue weighted by atomic mass is 9.98. The van der Waals surface area contributed by atoms with E-state index in [1.807, 2.05) is 11.8 Å². The molecular formula is C14H19N5OS. The molecule has 1 atom stereocenters. The van der Waals surface area contributed by atoms with E-state index in [-0.39, 0.29) is 5.91 Å². The maximum absolute atomic E-state index is 12.3. The van der Waals surface area contributed by atoms with E-state index in [1.165, 1.54) is 5.01 Å². The number of amides is 1. The SMILES string of the molecule is Cc1csc([C@@H]2CCCN(C(=O)CCn3ccnn3)C2)n1. The Morgan fingerprint density at radius 3 is 3.14 bits per heavy atom. The predicted octanol–water partition coefficient (Wildman–Crippen LogP) is 1.84. The van der Waals surface area contributed by atoms with Gasteiger partial charge in [0, 0.05) is 42.7 Å². The summed E-state index contributed by atoms with van der Waals surface area (Å²) in [6.07, 6.45) is 6.07. The first-order valence-corrected chi connectivity index (χ1v) is 8.14. The van der Waals surface area contributed by atoms with Crippen LogP contribution in [0.3, 0.4) is 0 Å². The Morgan fingerprint density at radius 2 is 2.43 bits per heavy atom. The minimum Gasteiger partial charge on any atom is -0.342 e. The average molecular weight is 305 g/mol. The number of nitrogens with zero attached hydrogens (tertiary/aromatic N) is 5. The third-order valence-corrected chi connectivity index (χ3v) is 4.91. The topological polar surface area (TPSA) is 63.9 Å². The third kappa shape index (κ3) is 3.47. The molecular weight excluding hydrogens is 286 g/mol. The molecule has 3 rings (SSSR count). The van der Waals surface area contributed by atoms with E-state index < -0.39 is 0 Å². The molecule has 0 unspecified atom stereocenters. The van der Waals surface area contributed by atoms with Gasteiger partial charge in [0.25, 0.3) is 0 Å². The Morgan fingerprint density at radius 1 is 1.52 bits per heavy atom. The molecule has 7 heteroatoms.